The second kappa shape index (κ2) is 7.95. The van der Waals surface area contributed by atoms with Gasteiger partial charge in [0.2, 0.25) is 5.91 Å². The standard InChI is InChI=1S/C19H23N3O4/c1-25-16-4-3-15(12-17(16)26-2)19(24)22-9-7-21(8-10-22)18(23)11-14-5-6-20-13-14/h3-6,12-13,20H,7-11H2,1-2H3. The van der Waals surface area contributed by atoms with Crippen molar-refractivity contribution in [1.29, 1.82) is 0 Å². The van der Waals surface area contributed by atoms with Gasteiger partial charge in [-0.2, -0.15) is 0 Å². The molecule has 3 rings (SSSR count). The van der Waals surface area contributed by atoms with Crippen molar-refractivity contribution in [2.75, 3.05) is 40.4 Å². The molecule has 0 bridgehead atoms. The maximum atomic E-state index is 12.7. The van der Waals surface area contributed by atoms with Gasteiger partial charge in [-0.05, 0) is 29.8 Å². The molecular weight excluding hydrogens is 334 g/mol. The van der Waals surface area contributed by atoms with Gasteiger partial charge in [0.25, 0.3) is 5.91 Å². The molecule has 0 atom stereocenters. The van der Waals surface area contributed by atoms with Crippen molar-refractivity contribution in [3.05, 3.63) is 47.8 Å². The molecule has 7 nitrogen and oxygen atoms in total. The Morgan fingerprint density at radius 3 is 2.31 bits per heavy atom. The Hall–Kier alpha value is -2.96. The third-order valence-corrected chi connectivity index (χ3v) is 4.57. The topological polar surface area (TPSA) is 74.9 Å². The van der Waals surface area contributed by atoms with Crippen molar-refractivity contribution < 1.29 is 19.1 Å². The third-order valence-electron chi connectivity index (χ3n) is 4.57. The van der Waals surface area contributed by atoms with Gasteiger partial charge in [-0.1, -0.05) is 0 Å². The van der Waals surface area contributed by atoms with E-state index in [1.807, 2.05) is 23.4 Å². The summed E-state index contributed by atoms with van der Waals surface area (Å²) in [6.07, 6.45) is 4.02. The molecule has 1 aliphatic rings. The Kier molecular flexibility index (Phi) is 5.46. The molecule has 0 unspecified atom stereocenters. The van der Waals surface area contributed by atoms with Crippen LogP contribution in [0.25, 0.3) is 0 Å². The molecule has 0 saturated carbocycles. The number of carbonyl (C=O) groups is 2. The highest BCUT2D eigenvalue weighted by Gasteiger charge is 2.25. The van der Waals surface area contributed by atoms with Crippen LogP contribution in [0, 0.1) is 0 Å². The van der Waals surface area contributed by atoms with E-state index in [9.17, 15) is 9.59 Å². The van der Waals surface area contributed by atoms with Gasteiger partial charge in [0.05, 0.1) is 20.6 Å². The number of hydrogen-bond acceptors (Lipinski definition) is 4. The smallest absolute Gasteiger partial charge is 0.254 e. The van der Waals surface area contributed by atoms with Crippen LogP contribution in [0.4, 0.5) is 0 Å². The van der Waals surface area contributed by atoms with Crippen LogP contribution in [0.3, 0.4) is 0 Å². The molecule has 2 aromatic rings. The van der Waals surface area contributed by atoms with E-state index in [-0.39, 0.29) is 11.8 Å². The number of nitrogens with zero attached hydrogens (tertiary/aromatic N) is 2. The van der Waals surface area contributed by atoms with Crippen molar-refractivity contribution >= 4 is 11.8 Å². The van der Waals surface area contributed by atoms with Crippen molar-refractivity contribution in [3.8, 4) is 11.5 Å². The highest BCUT2D eigenvalue weighted by Crippen LogP contribution is 2.28. The first kappa shape index (κ1) is 17.8. The van der Waals surface area contributed by atoms with Gasteiger partial charge in [-0.3, -0.25) is 9.59 Å². The summed E-state index contributed by atoms with van der Waals surface area (Å²) in [4.78, 5) is 31.6. The summed E-state index contributed by atoms with van der Waals surface area (Å²) in [6, 6.07) is 7.04. The normalized spacial score (nSPS) is 14.2. The maximum absolute atomic E-state index is 12.7. The number of carbonyl (C=O) groups excluding carboxylic acids is 2. The number of aromatic amines is 1. The number of H-pyrrole nitrogens is 1. The summed E-state index contributed by atoms with van der Waals surface area (Å²) in [5.74, 6) is 1.13. The van der Waals surface area contributed by atoms with Crippen LogP contribution in [0.5, 0.6) is 11.5 Å². The molecule has 7 heteroatoms. The Morgan fingerprint density at radius 1 is 1.00 bits per heavy atom. The van der Waals surface area contributed by atoms with Crippen molar-refractivity contribution in [2.45, 2.75) is 6.42 Å². The van der Waals surface area contributed by atoms with Crippen molar-refractivity contribution in [1.82, 2.24) is 14.8 Å². The molecule has 1 N–H and O–H groups in total. The monoisotopic (exact) mass is 357 g/mol. The summed E-state index contributed by atoms with van der Waals surface area (Å²) in [5, 5.41) is 0. The quantitative estimate of drug-likeness (QED) is 0.881. The summed E-state index contributed by atoms with van der Waals surface area (Å²) in [7, 11) is 3.10. The highest BCUT2D eigenvalue weighted by molar-refractivity contribution is 5.95. The highest BCUT2D eigenvalue weighted by atomic mass is 16.5. The molecule has 0 radical (unpaired) electrons. The van der Waals surface area contributed by atoms with Gasteiger partial charge in [-0.25, -0.2) is 0 Å². The van der Waals surface area contributed by atoms with Gasteiger partial charge < -0.3 is 24.3 Å². The molecule has 1 aromatic carbocycles. The minimum atomic E-state index is -0.0660. The first-order valence-electron chi connectivity index (χ1n) is 8.53. The van der Waals surface area contributed by atoms with E-state index in [2.05, 4.69) is 4.98 Å². The zero-order valence-corrected chi connectivity index (χ0v) is 15.0. The van der Waals surface area contributed by atoms with Gasteiger partial charge >= 0.3 is 0 Å². The summed E-state index contributed by atoms with van der Waals surface area (Å²) in [6.45, 7) is 2.13. The largest absolute Gasteiger partial charge is 0.493 e. The summed E-state index contributed by atoms with van der Waals surface area (Å²) < 4.78 is 10.5. The molecular formula is C19H23N3O4. The van der Waals surface area contributed by atoms with E-state index in [1.54, 1.807) is 37.3 Å². The lowest BCUT2D eigenvalue weighted by Crippen LogP contribution is -2.51. The number of hydrogen-bond donors (Lipinski definition) is 1. The lowest BCUT2D eigenvalue weighted by atomic mass is 10.1. The van der Waals surface area contributed by atoms with E-state index in [0.717, 1.165) is 5.56 Å². The number of piperazine rings is 1. The number of nitrogens with one attached hydrogen (secondary N) is 1. The van der Waals surface area contributed by atoms with Gasteiger partial charge in [-0.15, -0.1) is 0 Å². The minimum Gasteiger partial charge on any atom is -0.493 e. The molecule has 1 fully saturated rings. The fraction of sp³-hybridized carbons (Fsp3) is 0.368. The Bertz CT molecular complexity index is 765. The van der Waals surface area contributed by atoms with Gasteiger partial charge in [0, 0.05) is 44.1 Å². The number of ether oxygens (including phenoxy) is 2. The number of methoxy groups -OCH3 is 2. The summed E-state index contributed by atoms with van der Waals surface area (Å²) >= 11 is 0. The molecule has 2 heterocycles. The minimum absolute atomic E-state index is 0.0660. The second-order valence-corrected chi connectivity index (χ2v) is 6.14. The number of amides is 2. The van der Waals surface area contributed by atoms with E-state index in [0.29, 0.717) is 49.7 Å². The van der Waals surface area contributed by atoms with Crippen molar-refractivity contribution in [2.24, 2.45) is 0 Å². The lowest BCUT2D eigenvalue weighted by Gasteiger charge is -2.35. The predicted molar refractivity (Wildman–Crippen MR) is 96.5 cm³/mol. The van der Waals surface area contributed by atoms with Crippen LogP contribution in [0.1, 0.15) is 15.9 Å². The van der Waals surface area contributed by atoms with Gasteiger partial charge in [0.15, 0.2) is 11.5 Å². The Labute approximate surface area is 152 Å². The van der Waals surface area contributed by atoms with Crippen LogP contribution < -0.4 is 9.47 Å². The molecule has 0 aliphatic carbocycles. The molecule has 0 spiro atoms. The Morgan fingerprint density at radius 2 is 1.69 bits per heavy atom. The molecule has 1 aromatic heterocycles. The lowest BCUT2D eigenvalue weighted by molar-refractivity contribution is -0.131. The van der Waals surface area contributed by atoms with Crippen LogP contribution in [0.15, 0.2) is 36.7 Å². The van der Waals surface area contributed by atoms with E-state index in [4.69, 9.17) is 9.47 Å². The number of aromatic nitrogens is 1. The van der Waals surface area contributed by atoms with E-state index < -0.39 is 0 Å². The first-order valence-corrected chi connectivity index (χ1v) is 8.53. The van der Waals surface area contributed by atoms with Crippen LogP contribution in [-0.4, -0.2) is 67.0 Å². The maximum Gasteiger partial charge on any atom is 0.254 e. The number of benzene rings is 1. The summed E-state index contributed by atoms with van der Waals surface area (Å²) in [5.41, 5.74) is 1.52. The third kappa shape index (κ3) is 3.82. The fourth-order valence-corrected chi connectivity index (χ4v) is 3.07. The molecule has 138 valence electrons. The fourth-order valence-electron chi connectivity index (χ4n) is 3.07. The van der Waals surface area contributed by atoms with Crippen molar-refractivity contribution in [3.63, 3.8) is 0 Å². The molecule has 26 heavy (non-hydrogen) atoms. The zero-order valence-electron chi connectivity index (χ0n) is 15.0. The average Bonchev–Trinajstić information content (AvgIpc) is 3.20. The second-order valence-electron chi connectivity index (χ2n) is 6.14. The van der Waals surface area contributed by atoms with Crippen LogP contribution in [-0.2, 0) is 11.2 Å². The number of rotatable bonds is 5. The zero-order chi connectivity index (χ0) is 18.5. The van der Waals surface area contributed by atoms with Gasteiger partial charge in [0.1, 0.15) is 0 Å². The molecule has 1 aliphatic heterocycles. The van der Waals surface area contributed by atoms with Crippen LogP contribution >= 0.6 is 0 Å². The van der Waals surface area contributed by atoms with E-state index >= 15 is 0 Å². The Balaban J connectivity index is 1.59. The van der Waals surface area contributed by atoms with Crippen LogP contribution in [0.2, 0.25) is 0 Å². The average molecular weight is 357 g/mol. The molecule has 2 amide bonds. The first-order chi connectivity index (χ1) is 12.6. The van der Waals surface area contributed by atoms with E-state index in [1.165, 1.54) is 0 Å². The SMILES string of the molecule is COc1ccc(C(=O)N2CCN(C(=O)Cc3cc[nH]c3)CC2)cc1OC. The predicted octanol–water partition coefficient (Wildman–Crippen LogP) is 1.56. The molecule has 1 saturated heterocycles.